The number of nitrogens with one attached hydrogen (secondary N) is 2. The Bertz CT molecular complexity index is 1500. The Morgan fingerprint density at radius 3 is 2.60 bits per heavy atom. The van der Waals surface area contributed by atoms with Crippen LogP contribution in [0.4, 0.5) is 0 Å². The zero-order valence-electron chi connectivity index (χ0n) is 33.1. The van der Waals surface area contributed by atoms with Gasteiger partial charge in [0.1, 0.15) is 12.8 Å². The fraction of sp³-hybridized carbons (Fsp3) is 0.537. The number of nitrogens with two attached hydrogens (primary N) is 1. The second-order valence-electron chi connectivity index (χ2n) is 13.6. The highest BCUT2D eigenvalue weighted by atomic mass is 32.2. The lowest BCUT2D eigenvalue weighted by Gasteiger charge is -2.37. The second-order valence-corrected chi connectivity index (χ2v) is 14.6. The van der Waals surface area contributed by atoms with Gasteiger partial charge < -0.3 is 40.4 Å². The molecule has 0 bridgehead atoms. The molecule has 2 aliphatic heterocycles. The van der Waals surface area contributed by atoms with Crippen molar-refractivity contribution in [2.45, 2.75) is 78.2 Å². The molecular formula is C41H63N7O4S. The molecule has 0 spiro atoms. The van der Waals surface area contributed by atoms with Crippen LogP contribution in [-0.2, 0) is 19.0 Å². The number of aliphatic imine (C=N–C) groups is 2. The molecule has 1 fully saturated rings. The van der Waals surface area contributed by atoms with E-state index in [2.05, 4.69) is 54.1 Å². The van der Waals surface area contributed by atoms with Gasteiger partial charge in [-0.05, 0) is 69.8 Å². The summed E-state index contributed by atoms with van der Waals surface area (Å²) in [5.41, 5.74) is 10.2. The first kappa shape index (κ1) is 43.7. The standard InChI is InChI=1S/C41H63N7O4S/c1-10-12-13-16-30(5)19-33(45-27-42)21-39(43-7)52-26-35(25-51-36-17-14-18-36)48(41(49)32(15-11-2)20-31(6)53-28-50-9)24-34-23-44-37-22-38(29(3)4)47(8)40(37)46-34/h10-13,15-16,19-22,29,35-37,40,43-44H,6,14,17-18,23-28,42H2,1-5,7-9H3/b12-10+,15-11-,16-13-,30-19+,32-20+,39-21+,45-33-. The van der Waals surface area contributed by atoms with Crippen LogP contribution in [0.25, 0.3) is 0 Å². The van der Waals surface area contributed by atoms with Crippen molar-refractivity contribution in [1.29, 1.82) is 0 Å². The summed E-state index contributed by atoms with van der Waals surface area (Å²) in [6, 6.07) is -0.328. The van der Waals surface area contributed by atoms with Crippen molar-refractivity contribution in [2.24, 2.45) is 21.6 Å². The molecule has 1 aliphatic carbocycles. The van der Waals surface area contributed by atoms with Crippen molar-refractivity contribution in [2.75, 3.05) is 60.1 Å². The molecule has 0 radical (unpaired) electrons. The zero-order chi connectivity index (χ0) is 38.8. The lowest BCUT2D eigenvalue weighted by atomic mass is 9.96. The summed E-state index contributed by atoms with van der Waals surface area (Å²) in [5, 5.41) is 6.83. The fourth-order valence-corrected chi connectivity index (χ4v) is 6.55. The van der Waals surface area contributed by atoms with E-state index in [1.807, 2.05) is 80.4 Å². The maximum atomic E-state index is 14.8. The quantitative estimate of drug-likeness (QED) is 0.0412. The molecular weight excluding hydrogens is 687 g/mol. The second kappa shape index (κ2) is 23.2. The molecule has 0 aromatic heterocycles. The lowest BCUT2D eigenvalue weighted by Crippen LogP contribution is -2.54. The van der Waals surface area contributed by atoms with Crippen molar-refractivity contribution in [1.82, 2.24) is 20.4 Å². The van der Waals surface area contributed by atoms with Crippen molar-refractivity contribution < 1.29 is 19.0 Å². The zero-order valence-corrected chi connectivity index (χ0v) is 34.0. The van der Waals surface area contributed by atoms with Gasteiger partial charge in [-0.1, -0.05) is 68.6 Å². The predicted octanol–water partition coefficient (Wildman–Crippen LogP) is 5.84. The lowest BCUT2D eigenvalue weighted by molar-refractivity contribution is -0.132. The van der Waals surface area contributed by atoms with Gasteiger partial charge in [-0.15, -0.1) is 0 Å². The number of carbonyl (C=O) groups is 1. The van der Waals surface area contributed by atoms with Crippen molar-refractivity contribution in [3.05, 3.63) is 95.0 Å². The third kappa shape index (κ3) is 13.9. The molecule has 3 unspecified atom stereocenters. The van der Waals surface area contributed by atoms with E-state index >= 15 is 0 Å². The van der Waals surface area contributed by atoms with Crippen LogP contribution < -0.4 is 16.4 Å². The molecule has 2 heterocycles. The number of hydrogen-bond acceptors (Lipinski definition) is 11. The minimum absolute atomic E-state index is 0.0757. The minimum Gasteiger partial charge on any atom is -0.477 e. The molecule has 0 saturated heterocycles. The molecule has 0 aromatic carbocycles. The average Bonchev–Trinajstić information content (AvgIpc) is 3.45. The van der Waals surface area contributed by atoms with Gasteiger partial charge in [0.2, 0.25) is 0 Å². The maximum Gasteiger partial charge on any atom is 0.254 e. The molecule has 12 heteroatoms. The Kier molecular flexibility index (Phi) is 19.1. The molecule has 53 heavy (non-hydrogen) atoms. The van der Waals surface area contributed by atoms with Crippen LogP contribution >= 0.6 is 11.8 Å². The van der Waals surface area contributed by atoms with Gasteiger partial charge >= 0.3 is 0 Å². The van der Waals surface area contributed by atoms with Crippen LogP contribution in [-0.4, -0.2) is 112 Å². The fourth-order valence-electron chi connectivity index (χ4n) is 6.07. The Morgan fingerprint density at radius 1 is 1.21 bits per heavy atom. The topological polar surface area (TPSA) is 126 Å². The Balaban J connectivity index is 2.02. The first-order valence-corrected chi connectivity index (χ1v) is 19.6. The summed E-state index contributed by atoms with van der Waals surface area (Å²) >= 11 is 1.44. The van der Waals surface area contributed by atoms with E-state index in [1.54, 1.807) is 14.2 Å². The molecule has 1 saturated carbocycles. The largest absolute Gasteiger partial charge is 0.477 e. The molecule has 3 aliphatic rings. The monoisotopic (exact) mass is 749 g/mol. The highest BCUT2D eigenvalue weighted by molar-refractivity contribution is 8.03. The van der Waals surface area contributed by atoms with Crippen LogP contribution in [0.2, 0.25) is 0 Å². The number of carbonyl (C=O) groups excluding carboxylic acids is 1. The van der Waals surface area contributed by atoms with E-state index < -0.39 is 6.04 Å². The number of fused-ring (bicyclic) bond motifs is 1. The van der Waals surface area contributed by atoms with Gasteiger partial charge in [-0.2, -0.15) is 0 Å². The SMILES string of the molecule is C=C(/C=C(\C=C/C)C(=O)N(CC1=NC2C(C=C(C(C)C)N2C)NC1)C(CO/C(=C/C(/C=C(C)/C=C\C=C\C)=N\CN)NC)COC1CCC1)SCOC. The van der Waals surface area contributed by atoms with Gasteiger partial charge in [0.15, 0.2) is 5.88 Å². The summed E-state index contributed by atoms with van der Waals surface area (Å²) in [6.45, 7) is 15.9. The maximum absolute atomic E-state index is 14.8. The molecule has 1 amide bonds. The summed E-state index contributed by atoms with van der Waals surface area (Å²) in [4.78, 5) is 29.3. The van der Waals surface area contributed by atoms with E-state index in [-0.39, 0.29) is 37.5 Å². The number of amides is 1. The van der Waals surface area contributed by atoms with Crippen molar-refractivity contribution in [3.8, 4) is 0 Å². The summed E-state index contributed by atoms with van der Waals surface area (Å²) in [5.74, 6) is 1.14. The van der Waals surface area contributed by atoms with Crippen LogP contribution in [0.1, 0.15) is 53.9 Å². The molecule has 11 nitrogen and oxygen atoms in total. The van der Waals surface area contributed by atoms with Crippen molar-refractivity contribution in [3.63, 3.8) is 0 Å². The third-order valence-corrected chi connectivity index (χ3v) is 9.94. The highest BCUT2D eigenvalue weighted by Gasteiger charge is 2.37. The van der Waals surface area contributed by atoms with E-state index in [4.69, 9.17) is 24.9 Å². The third-order valence-electron chi connectivity index (χ3n) is 9.10. The van der Waals surface area contributed by atoms with Crippen molar-refractivity contribution >= 4 is 29.1 Å². The normalized spacial score (nSPS) is 21.0. The predicted molar refractivity (Wildman–Crippen MR) is 222 cm³/mol. The van der Waals surface area contributed by atoms with Gasteiger partial charge in [-0.25, -0.2) is 0 Å². The van der Waals surface area contributed by atoms with Gasteiger partial charge in [0.05, 0.1) is 49.7 Å². The van der Waals surface area contributed by atoms with E-state index in [0.717, 1.165) is 35.5 Å². The first-order valence-electron chi connectivity index (χ1n) is 18.6. The number of allylic oxidation sites excluding steroid dienone is 10. The molecule has 0 aromatic rings. The Morgan fingerprint density at radius 2 is 1.98 bits per heavy atom. The van der Waals surface area contributed by atoms with E-state index in [0.29, 0.717) is 48.7 Å². The van der Waals surface area contributed by atoms with E-state index in [1.165, 1.54) is 17.5 Å². The minimum atomic E-state index is -0.449. The number of thioether (sulfide) groups is 1. The van der Waals surface area contributed by atoms with E-state index in [9.17, 15) is 4.79 Å². The van der Waals surface area contributed by atoms with Crippen LogP contribution in [0.15, 0.2) is 105 Å². The summed E-state index contributed by atoms with van der Waals surface area (Å²) < 4.78 is 18.1. The molecule has 3 rings (SSSR count). The number of likely N-dealkylation sites (N-methyl/N-ethyl adjacent to an activating group) is 1. The van der Waals surface area contributed by atoms with Crippen LogP contribution in [0.5, 0.6) is 0 Å². The van der Waals surface area contributed by atoms with Gasteiger partial charge in [0.25, 0.3) is 5.91 Å². The number of nitrogens with zero attached hydrogens (tertiary/aromatic N) is 4. The molecule has 292 valence electrons. The summed E-state index contributed by atoms with van der Waals surface area (Å²) in [7, 11) is 5.53. The molecule has 3 atom stereocenters. The smallest absolute Gasteiger partial charge is 0.254 e. The van der Waals surface area contributed by atoms with Gasteiger partial charge in [-0.3, -0.25) is 14.8 Å². The Hall–Kier alpha value is -3.68. The Labute approximate surface area is 322 Å². The summed E-state index contributed by atoms with van der Waals surface area (Å²) in [6.07, 6.45) is 22.7. The van der Waals surface area contributed by atoms with Crippen LogP contribution in [0, 0.1) is 5.92 Å². The molecule has 4 N–H and O–H groups in total. The van der Waals surface area contributed by atoms with Gasteiger partial charge in [0, 0.05) is 55.7 Å². The first-order chi connectivity index (χ1) is 25.5. The average molecular weight is 750 g/mol. The number of methoxy groups -OCH3 is 1. The highest BCUT2D eigenvalue weighted by Crippen LogP contribution is 2.29. The number of hydrogen-bond donors (Lipinski definition) is 3. The number of ether oxygens (including phenoxy) is 3. The van der Waals surface area contributed by atoms with Crippen LogP contribution in [0.3, 0.4) is 0 Å². The number of rotatable bonds is 22.